The van der Waals surface area contributed by atoms with E-state index in [1.165, 1.54) is 0 Å². The van der Waals surface area contributed by atoms with Gasteiger partial charge in [-0.2, -0.15) is 0 Å². The Morgan fingerprint density at radius 2 is 1.96 bits per heavy atom. The smallest absolute Gasteiger partial charge is 0.224 e. The second-order valence-electron chi connectivity index (χ2n) is 6.50. The Bertz CT molecular complexity index is 703. The lowest BCUT2D eigenvalue weighted by atomic mass is 10.1. The largest absolute Gasteiger partial charge is 0.326 e. The summed E-state index contributed by atoms with van der Waals surface area (Å²) in [4.78, 5) is 12.4. The van der Waals surface area contributed by atoms with Crippen molar-refractivity contribution in [1.82, 2.24) is 0 Å². The number of carbonyl (C=O) groups excluding carboxylic acids is 1. The molecule has 2 aliphatic carbocycles. The number of allylic oxidation sites excluding steroid dienone is 2. The molecule has 2 aliphatic rings. The molecule has 0 saturated heterocycles. The van der Waals surface area contributed by atoms with Crippen LogP contribution in [0.1, 0.15) is 44.9 Å². The zero-order valence-corrected chi connectivity index (χ0v) is 14.0. The van der Waals surface area contributed by atoms with Crippen LogP contribution in [-0.2, 0) is 14.6 Å². The Morgan fingerprint density at radius 1 is 1.17 bits per heavy atom. The van der Waals surface area contributed by atoms with Crippen LogP contribution in [0, 0.1) is 5.92 Å². The van der Waals surface area contributed by atoms with Crippen molar-refractivity contribution in [3.63, 3.8) is 0 Å². The first-order chi connectivity index (χ1) is 11.1. The van der Waals surface area contributed by atoms with E-state index in [1.807, 2.05) is 0 Å². The van der Waals surface area contributed by atoms with Crippen LogP contribution in [0.15, 0.2) is 41.3 Å². The minimum Gasteiger partial charge on any atom is -0.326 e. The van der Waals surface area contributed by atoms with Crippen LogP contribution >= 0.6 is 0 Å². The minimum absolute atomic E-state index is 0.0584. The zero-order valence-electron chi connectivity index (χ0n) is 13.2. The third-order valence-electron chi connectivity index (χ3n) is 4.75. The van der Waals surface area contributed by atoms with Gasteiger partial charge >= 0.3 is 0 Å². The average Bonchev–Trinajstić information content (AvgIpc) is 3.20. The number of carbonyl (C=O) groups is 1. The van der Waals surface area contributed by atoms with Crippen molar-refractivity contribution in [2.75, 3.05) is 5.32 Å². The van der Waals surface area contributed by atoms with Crippen LogP contribution in [0.2, 0.25) is 0 Å². The van der Waals surface area contributed by atoms with E-state index in [0.717, 1.165) is 38.5 Å². The molecule has 1 fully saturated rings. The molecule has 1 saturated carbocycles. The lowest BCUT2D eigenvalue weighted by Crippen LogP contribution is -2.19. The van der Waals surface area contributed by atoms with Crippen molar-refractivity contribution in [3.05, 3.63) is 36.4 Å². The molecule has 1 aromatic carbocycles. The highest BCUT2D eigenvalue weighted by atomic mass is 32.2. The molecule has 0 aliphatic heterocycles. The van der Waals surface area contributed by atoms with Crippen LogP contribution in [0.4, 0.5) is 5.69 Å². The minimum atomic E-state index is -3.28. The highest BCUT2D eigenvalue weighted by Gasteiger charge is 2.30. The fraction of sp³-hybridized carbons (Fsp3) is 0.500. The summed E-state index contributed by atoms with van der Waals surface area (Å²) in [6, 6.07) is 6.67. The molecular weight excluding hydrogens is 310 g/mol. The molecule has 0 radical (unpaired) electrons. The van der Waals surface area contributed by atoms with E-state index in [9.17, 15) is 13.2 Å². The van der Waals surface area contributed by atoms with Gasteiger partial charge in [-0.3, -0.25) is 4.79 Å². The predicted octanol–water partition coefficient (Wildman–Crippen LogP) is 3.70. The van der Waals surface area contributed by atoms with E-state index >= 15 is 0 Å². The molecule has 1 aromatic rings. The van der Waals surface area contributed by atoms with Crippen molar-refractivity contribution >= 4 is 21.4 Å². The van der Waals surface area contributed by atoms with Gasteiger partial charge in [0.05, 0.1) is 10.1 Å². The molecule has 0 bridgehead atoms. The number of anilines is 1. The van der Waals surface area contributed by atoms with Gasteiger partial charge in [0.2, 0.25) is 5.91 Å². The fourth-order valence-electron chi connectivity index (χ4n) is 3.46. The van der Waals surface area contributed by atoms with Crippen LogP contribution in [0.25, 0.3) is 0 Å². The second kappa shape index (κ2) is 6.87. The Labute approximate surface area is 137 Å². The first-order valence-corrected chi connectivity index (χ1v) is 9.91. The van der Waals surface area contributed by atoms with Crippen LogP contribution in [0.5, 0.6) is 0 Å². The molecule has 0 heterocycles. The van der Waals surface area contributed by atoms with Gasteiger partial charge in [0.1, 0.15) is 0 Å². The summed E-state index contributed by atoms with van der Waals surface area (Å²) < 4.78 is 25.3. The average molecular weight is 333 g/mol. The van der Waals surface area contributed by atoms with E-state index < -0.39 is 9.84 Å². The maximum atomic E-state index is 12.6. The summed E-state index contributed by atoms with van der Waals surface area (Å²) in [7, 11) is -3.28. The first kappa shape index (κ1) is 16.2. The monoisotopic (exact) mass is 333 g/mol. The Balaban J connectivity index is 1.69. The van der Waals surface area contributed by atoms with Crippen LogP contribution in [-0.4, -0.2) is 19.6 Å². The third-order valence-corrected chi connectivity index (χ3v) is 7.01. The van der Waals surface area contributed by atoms with Gasteiger partial charge in [-0.05, 0) is 49.8 Å². The standard InChI is InChI=1S/C18H23NO3S/c20-18(12-14-6-1-2-7-14)19-15-8-5-11-17(13-15)23(21,22)16-9-3-4-10-16/h1,5-6,8,11,13-14,16H,2-4,7,9-10,12H2,(H,19,20)/t14-/m1/s1. The SMILES string of the molecule is O=C(C[C@@H]1C=CCC1)Nc1cccc(S(=O)(=O)C2CCCC2)c1. The van der Waals surface area contributed by atoms with E-state index in [2.05, 4.69) is 17.5 Å². The topological polar surface area (TPSA) is 63.2 Å². The molecule has 0 spiro atoms. The molecule has 1 N–H and O–H groups in total. The highest BCUT2D eigenvalue weighted by Crippen LogP contribution is 2.30. The summed E-state index contributed by atoms with van der Waals surface area (Å²) in [5.74, 6) is 0.248. The molecule has 1 atom stereocenters. The lowest BCUT2D eigenvalue weighted by molar-refractivity contribution is -0.116. The van der Waals surface area contributed by atoms with Gasteiger partial charge in [-0.15, -0.1) is 0 Å². The number of amides is 1. The quantitative estimate of drug-likeness (QED) is 0.836. The number of nitrogens with one attached hydrogen (secondary N) is 1. The fourth-order valence-corrected chi connectivity index (χ4v) is 5.36. The van der Waals surface area contributed by atoms with Crippen molar-refractivity contribution in [1.29, 1.82) is 0 Å². The summed E-state index contributed by atoms with van der Waals surface area (Å²) in [5, 5.41) is 2.57. The molecule has 23 heavy (non-hydrogen) atoms. The van der Waals surface area contributed by atoms with E-state index in [1.54, 1.807) is 24.3 Å². The van der Waals surface area contributed by atoms with E-state index in [4.69, 9.17) is 0 Å². The summed E-state index contributed by atoms with van der Waals surface area (Å²) in [6.45, 7) is 0. The highest BCUT2D eigenvalue weighted by molar-refractivity contribution is 7.92. The predicted molar refractivity (Wildman–Crippen MR) is 91.0 cm³/mol. The molecular formula is C18H23NO3S. The number of sulfone groups is 1. The molecule has 3 rings (SSSR count). The summed E-state index contributed by atoms with van der Waals surface area (Å²) >= 11 is 0. The van der Waals surface area contributed by atoms with Gasteiger partial charge in [-0.25, -0.2) is 8.42 Å². The van der Waals surface area contributed by atoms with E-state index in [0.29, 0.717) is 22.9 Å². The molecule has 4 nitrogen and oxygen atoms in total. The number of hydrogen-bond donors (Lipinski definition) is 1. The maximum Gasteiger partial charge on any atom is 0.224 e. The van der Waals surface area contributed by atoms with Crippen molar-refractivity contribution in [3.8, 4) is 0 Å². The molecule has 1 amide bonds. The Hall–Kier alpha value is -1.62. The van der Waals surface area contributed by atoms with Crippen molar-refractivity contribution < 1.29 is 13.2 Å². The molecule has 0 aromatic heterocycles. The van der Waals surface area contributed by atoms with Crippen molar-refractivity contribution in [2.24, 2.45) is 5.92 Å². The summed E-state index contributed by atoms with van der Waals surface area (Å²) in [6.07, 6.45) is 10.1. The lowest BCUT2D eigenvalue weighted by Gasteiger charge is -2.13. The van der Waals surface area contributed by atoms with E-state index in [-0.39, 0.29) is 11.2 Å². The normalized spacial score (nSPS) is 21.7. The van der Waals surface area contributed by atoms with Gasteiger partial charge in [0, 0.05) is 12.1 Å². The zero-order chi connectivity index (χ0) is 16.3. The Kier molecular flexibility index (Phi) is 4.85. The van der Waals surface area contributed by atoms with Gasteiger partial charge in [0.25, 0.3) is 0 Å². The Morgan fingerprint density at radius 3 is 2.65 bits per heavy atom. The number of rotatable bonds is 5. The molecule has 0 unspecified atom stereocenters. The first-order valence-electron chi connectivity index (χ1n) is 8.36. The number of benzene rings is 1. The molecule has 5 heteroatoms. The van der Waals surface area contributed by atoms with Gasteiger partial charge in [-0.1, -0.05) is 31.1 Å². The van der Waals surface area contributed by atoms with Crippen LogP contribution in [0.3, 0.4) is 0 Å². The van der Waals surface area contributed by atoms with Gasteiger partial charge in [0.15, 0.2) is 9.84 Å². The molecule has 124 valence electrons. The summed E-state index contributed by atoms with van der Waals surface area (Å²) in [5.41, 5.74) is 0.566. The third kappa shape index (κ3) is 3.83. The van der Waals surface area contributed by atoms with Gasteiger partial charge < -0.3 is 5.32 Å². The maximum absolute atomic E-state index is 12.6. The number of hydrogen-bond acceptors (Lipinski definition) is 3. The van der Waals surface area contributed by atoms with Crippen LogP contribution < -0.4 is 5.32 Å². The van der Waals surface area contributed by atoms with Crippen molar-refractivity contribution in [2.45, 2.75) is 55.1 Å². The second-order valence-corrected chi connectivity index (χ2v) is 8.73.